The van der Waals surface area contributed by atoms with Gasteiger partial charge in [-0.2, -0.15) is 38.6 Å². The third-order valence-corrected chi connectivity index (χ3v) is 9.83. The van der Waals surface area contributed by atoms with E-state index in [2.05, 4.69) is 5.32 Å². The van der Waals surface area contributed by atoms with Gasteiger partial charge in [-0.3, -0.25) is 0 Å². The summed E-state index contributed by atoms with van der Waals surface area (Å²) in [5.41, 5.74) is -1.11. The molecule has 3 aliphatic rings. The minimum atomic E-state index is -4.75. The second-order valence-electron chi connectivity index (χ2n) is 10.0. The van der Waals surface area contributed by atoms with Crippen LogP contribution in [0.5, 0.6) is 0 Å². The van der Waals surface area contributed by atoms with Gasteiger partial charge in [0, 0.05) is 19.0 Å². The Balaban J connectivity index is 1.49. The molecule has 0 radical (unpaired) electrons. The van der Waals surface area contributed by atoms with E-state index in [4.69, 9.17) is 0 Å². The summed E-state index contributed by atoms with van der Waals surface area (Å²) >= 11 is 0. The van der Waals surface area contributed by atoms with Crippen LogP contribution in [0.25, 0.3) is 0 Å². The number of nitrogens with zero attached hydrogens (tertiary/aromatic N) is 1. The first-order valence-corrected chi connectivity index (χ1v) is 13.4. The molecule has 1 heterocycles. The molecule has 200 valence electrons. The van der Waals surface area contributed by atoms with Crippen LogP contribution in [0.4, 0.5) is 26.3 Å². The Labute approximate surface area is 210 Å². The lowest BCUT2D eigenvalue weighted by atomic mass is 10.1. The number of halogens is 6. The zero-order valence-corrected chi connectivity index (χ0v) is 20.4. The molecule has 0 unspecified atom stereocenters. The maximum Gasteiger partial charge on any atom is 0.416 e. The molecule has 2 aromatic carbocycles. The fourth-order valence-corrected chi connectivity index (χ4v) is 7.18. The molecule has 1 N–H and O–H groups in total. The van der Waals surface area contributed by atoms with Crippen molar-refractivity contribution in [2.75, 3.05) is 26.2 Å². The molecule has 1 aliphatic heterocycles. The Bertz CT molecular complexity index is 1310. The van der Waals surface area contributed by atoms with E-state index >= 15 is 0 Å². The maximum atomic E-state index is 14.0. The Morgan fingerprint density at radius 2 is 1.43 bits per heavy atom. The van der Waals surface area contributed by atoms with Gasteiger partial charge in [-0.05, 0) is 66.6 Å². The SMILES string of the molecule is O=C([C@@H]1C[C@H]1c1ccc(C(F)(F)F)cc1)[N+]1(S(=O)(=O)c2cc(C3CC3)cc(C(F)(F)F)c2)CCNCC1. The number of alkyl halides is 6. The molecule has 37 heavy (non-hydrogen) atoms. The molecule has 1 saturated heterocycles. The predicted molar refractivity (Wildman–Crippen MR) is 121 cm³/mol. The molecule has 5 rings (SSSR count). The van der Waals surface area contributed by atoms with Crippen molar-refractivity contribution in [3.63, 3.8) is 0 Å². The molecule has 2 aromatic rings. The summed E-state index contributed by atoms with van der Waals surface area (Å²) in [7, 11) is -4.57. The number of benzene rings is 2. The molecule has 2 aliphatic carbocycles. The molecule has 0 aromatic heterocycles. The first-order valence-electron chi connectivity index (χ1n) is 12.0. The van der Waals surface area contributed by atoms with Gasteiger partial charge in [0.2, 0.25) is 0 Å². The molecular formula is C25H25F6N2O3S+. The average Bonchev–Trinajstić information content (AvgIpc) is 3.76. The molecule has 12 heteroatoms. The van der Waals surface area contributed by atoms with E-state index < -0.39 is 60.0 Å². The van der Waals surface area contributed by atoms with Gasteiger partial charge in [-0.15, -0.1) is 0 Å². The van der Waals surface area contributed by atoms with E-state index in [9.17, 15) is 39.6 Å². The Kier molecular flexibility index (Phi) is 6.23. The Morgan fingerprint density at radius 3 is 1.97 bits per heavy atom. The summed E-state index contributed by atoms with van der Waals surface area (Å²) in [6.07, 6.45) is -7.66. The summed E-state index contributed by atoms with van der Waals surface area (Å²) in [4.78, 5) is 13.3. The fraction of sp³-hybridized carbons (Fsp3) is 0.480. The van der Waals surface area contributed by atoms with E-state index in [1.165, 1.54) is 18.2 Å². The van der Waals surface area contributed by atoms with E-state index in [1.807, 2.05) is 0 Å². The van der Waals surface area contributed by atoms with Crippen molar-refractivity contribution < 1.29 is 43.4 Å². The number of carbonyl (C=O) groups excluding carboxylic acids is 1. The molecule has 0 bridgehead atoms. The smallest absolute Gasteiger partial charge is 0.306 e. The van der Waals surface area contributed by atoms with E-state index in [1.54, 1.807) is 0 Å². The van der Waals surface area contributed by atoms with Crippen molar-refractivity contribution in [3.05, 3.63) is 64.7 Å². The van der Waals surface area contributed by atoms with Crippen LogP contribution in [-0.4, -0.2) is 44.4 Å². The lowest BCUT2D eigenvalue weighted by Crippen LogP contribution is -2.65. The topological polar surface area (TPSA) is 63.2 Å². The third-order valence-electron chi connectivity index (χ3n) is 7.54. The van der Waals surface area contributed by atoms with Gasteiger partial charge in [0.15, 0.2) is 0 Å². The van der Waals surface area contributed by atoms with Gasteiger partial charge in [0.25, 0.3) is 0 Å². The number of hydrogen-bond donors (Lipinski definition) is 1. The molecule has 2 saturated carbocycles. The summed E-state index contributed by atoms with van der Waals surface area (Å²) < 4.78 is 107. The number of hydrogen-bond acceptors (Lipinski definition) is 4. The van der Waals surface area contributed by atoms with Gasteiger partial charge in [-0.1, -0.05) is 12.1 Å². The zero-order valence-electron chi connectivity index (χ0n) is 19.6. The molecule has 2 atom stereocenters. The highest BCUT2D eigenvalue weighted by molar-refractivity contribution is 7.86. The van der Waals surface area contributed by atoms with Crippen LogP contribution in [0.1, 0.15) is 53.4 Å². The van der Waals surface area contributed by atoms with Gasteiger partial charge in [-0.25, -0.2) is 4.79 Å². The molecule has 5 nitrogen and oxygen atoms in total. The van der Waals surface area contributed by atoms with Crippen molar-refractivity contribution in [1.29, 1.82) is 0 Å². The largest absolute Gasteiger partial charge is 0.416 e. The van der Waals surface area contributed by atoms with Gasteiger partial charge >= 0.3 is 28.3 Å². The zero-order chi connectivity index (χ0) is 26.8. The minimum absolute atomic E-state index is 0.143. The lowest BCUT2D eigenvalue weighted by molar-refractivity contribution is -0.732. The average molecular weight is 548 g/mol. The number of rotatable bonds is 5. The van der Waals surface area contributed by atoms with Crippen LogP contribution in [0.3, 0.4) is 0 Å². The number of piperazine rings is 1. The highest BCUT2D eigenvalue weighted by Crippen LogP contribution is 2.51. The molecule has 0 spiro atoms. The van der Waals surface area contributed by atoms with Crippen LogP contribution >= 0.6 is 0 Å². The Morgan fingerprint density at radius 1 is 0.838 bits per heavy atom. The summed E-state index contributed by atoms with van der Waals surface area (Å²) in [5, 5.41) is 3.00. The summed E-state index contributed by atoms with van der Waals surface area (Å²) in [5.74, 6) is -1.97. The predicted octanol–water partition coefficient (Wildman–Crippen LogP) is 5.04. The van der Waals surface area contributed by atoms with Gasteiger partial charge in [0.1, 0.15) is 18.0 Å². The number of quaternary nitrogens is 1. The normalized spacial score (nSPS) is 24.1. The number of sulfonamides is 1. The van der Waals surface area contributed by atoms with Crippen molar-refractivity contribution >= 4 is 15.9 Å². The van der Waals surface area contributed by atoms with E-state index in [-0.39, 0.29) is 38.5 Å². The highest BCUT2D eigenvalue weighted by atomic mass is 32.2. The summed E-state index contributed by atoms with van der Waals surface area (Å²) in [6, 6.07) is 7.25. The lowest BCUT2D eigenvalue weighted by Gasteiger charge is -2.37. The third kappa shape index (κ3) is 4.79. The van der Waals surface area contributed by atoms with Crippen LogP contribution in [0.2, 0.25) is 0 Å². The monoisotopic (exact) mass is 547 g/mol. The first-order chi connectivity index (χ1) is 17.2. The van der Waals surface area contributed by atoms with E-state index in [0.29, 0.717) is 30.0 Å². The van der Waals surface area contributed by atoms with Crippen LogP contribution < -0.4 is 5.32 Å². The number of amides is 1. The minimum Gasteiger partial charge on any atom is -0.306 e. The standard InChI is InChI=1S/C25H25F6N2O3S/c26-24(27,28)18-5-3-16(4-6-18)21-14-22(21)23(34)33(9-7-32-8-10-33)37(35,36)20-12-17(15-1-2-15)11-19(13-20)25(29,30)31/h3-6,11-13,15,21-22,32H,1-2,7-10,14H2/q+1/t21-,22+/m0/s1. The Hall–Kier alpha value is -2.44. The number of nitrogens with one attached hydrogen (secondary N) is 1. The number of carbonyl (C=O) groups is 1. The summed E-state index contributed by atoms with van der Waals surface area (Å²) in [6.45, 7) is 0.0625. The van der Waals surface area contributed by atoms with Crippen molar-refractivity contribution in [2.45, 2.75) is 48.3 Å². The second-order valence-corrected chi connectivity index (χ2v) is 12.2. The first kappa shape index (κ1) is 26.2. The molecular weight excluding hydrogens is 522 g/mol. The van der Waals surface area contributed by atoms with E-state index in [0.717, 1.165) is 18.2 Å². The molecule has 3 fully saturated rings. The highest BCUT2D eigenvalue weighted by Gasteiger charge is 2.60. The van der Waals surface area contributed by atoms with Crippen molar-refractivity contribution in [1.82, 2.24) is 5.32 Å². The van der Waals surface area contributed by atoms with Crippen molar-refractivity contribution in [2.24, 2.45) is 5.92 Å². The van der Waals surface area contributed by atoms with Gasteiger partial charge < -0.3 is 5.32 Å². The second kappa shape index (κ2) is 8.81. The van der Waals surface area contributed by atoms with Gasteiger partial charge in [0.05, 0.1) is 17.0 Å². The van der Waals surface area contributed by atoms with Crippen LogP contribution in [0, 0.1) is 5.92 Å². The van der Waals surface area contributed by atoms with Crippen LogP contribution in [0.15, 0.2) is 47.4 Å². The van der Waals surface area contributed by atoms with Crippen molar-refractivity contribution in [3.8, 4) is 0 Å². The quantitative estimate of drug-likeness (QED) is 0.421. The maximum absolute atomic E-state index is 14.0. The molecule has 1 amide bonds. The van der Waals surface area contributed by atoms with Crippen LogP contribution in [-0.2, 0) is 27.2 Å². The fourth-order valence-electron chi connectivity index (χ4n) is 5.18.